The lowest BCUT2D eigenvalue weighted by Gasteiger charge is -2.40. The average molecular weight is 479 g/mol. The van der Waals surface area contributed by atoms with Crippen LogP contribution in [0.5, 0.6) is 5.75 Å². The number of carbonyl (C=O) groups is 1. The van der Waals surface area contributed by atoms with Crippen molar-refractivity contribution >= 4 is 5.91 Å². The highest BCUT2D eigenvalue weighted by molar-refractivity contribution is 5.97. The van der Waals surface area contributed by atoms with Crippen LogP contribution in [0.15, 0.2) is 24.3 Å². The van der Waals surface area contributed by atoms with Gasteiger partial charge in [-0.05, 0) is 64.3 Å². The number of aliphatic hydroxyl groups excluding tert-OH is 1. The molecule has 2 aromatic rings. The summed E-state index contributed by atoms with van der Waals surface area (Å²) in [5, 5.41) is 15.2. The van der Waals surface area contributed by atoms with E-state index in [1.165, 1.54) is 18.2 Å². The molecule has 1 saturated carbocycles. The zero-order valence-corrected chi connectivity index (χ0v) is 19.1. The summed E-state index contributed by atoms with van der Waals surface area (Å²) in [5.74, 6) is -0.312. The Labute approximate surface area is 196 Å². The lowest BCUT2D eigenvalue weighted by Crippen LogP contribution is -2.55. The van der Waals surface area contributed by atoms with Crippen LogP contribution in [-0.2, 0) is 0 Å². The molecule has 34 heavy (non-hydrogen) atoms. The molecule has 5 rings (SSSR count). The molecule has 2 aliphatic heterocycles. The molecule has 10 heteroatoms. The number of hydrogen-bond acceptors (Lipinski definition) is 5. The summed E-state index contributed by atoms with van der Waals surface area (Å²) < 4.78 is 43.9. The fraction of sp³-hybridized carbons (Fsp3) is 0.583. The monoisotopic (exact) mass is 478 g/mol. The highest BCUT2D eigenvalue weighted by atomic mass is 19.4. The van der Waals surface area contributed by atoms with E-state index in [0.717, 1.165) is 44.5 Å². The lowest BCUT2D eigenvalue weighted by molar-refractivity contribution is -0.274. The highest BCUT2D eigenvalue weighted by Crippen LogP contribution is 2.44. The molecular formula is C24H29F3N4O3. The van der Waals surface area contributed by atoms with Crippen LogP contribution in [0.1, 0.15) is 59.8 Å². The van der Waals surface area contributed by atoms with Gasteiger partial charge in [-0.3, -0.25) is 9.69 Å². The van der Waals surface area contributed by atoms with Gasteiger partial charge in [0.05, 0.1) is 34.8 Å². The second-order valence-electron chi connectivity index (χ2n) is 9.49. The van der Waals surface area contributed by atoms with Gasteiger partial charge in [-0.15, -0.1) is 13.2 Å². The first kappa shape index (κ1) is 23.2. The van der Waals surface area contributed by atoms with E-state index in [1.54, 1.807) is 22.6 Å². The van der Waals surface area contributed by atoms with E-state index in [9.17, 15) is 23.1 Å². The summed E-state index contributed by atoms with van der Waals surface area (Å²) in [4.78, 5) is 17.8. The first-order chi connectivity index (χ1) is 16.2. The Kier molecular flexibility index (Phi) is 6.05. The number of piperidine rings is 1. The van der Waals surface area contributed by atoms with Crippen molar-refractivity contribution in [1.29, 1.82) is 0 Å². The van der Waals surface area contributed by atoms with Gasteiger partial charge in [0, 0.05) is 25.1 Å². The molecule has 1 aliphatic carbocycles. The average Bonchev–Trinajstić information content (AvgIpc) is 3.35. The van der Waals surface area contributed by atoms with Crippen molar-refractivity contribution in [3.63, 3.8) is 0 Å². The molecule has 1 amide bonds. The van der Waals surface area contributed by atoms with Crippen LogP contribution in [0.25, 0.3) is 5.69 Å². The Morgan fingerprint density at radius 3 is 2.56 bits per heavy atom. The van der Waals surface area contributed by atoms with Gasteiger partial charge in [-0.1, -0.05) is 6.07 Å². The predicted molar refractivity (Wildman–Crippen MR) is 118 cm³/mol. The predicted octanol–water partition coefficient (Wildman–Crippen LogP) is 3.63. The molecule has 184 valence electrons. The molecule has 0 spiro atoms. The van der Waals surface area contributed by atoms with Gasteiger partial charge in [0.2, 0.25) is 0 Å². The molecule has 3 aliphatic rings. The fourth-order valence-electron chi connectivity index (χ4n) is 5.25. The van der Waals surface area contributed by atoms with E-state index in [2.05, 4.69) is 14.7 Å². The fourth-order valence-corrected chi connectivity index (χ4v) is 5.25. The summed E-state index contributed by atoms with van der Waals surface area (Å²) in [6.45, 7) is 4.56. The third-order valence-electron chi connectivity index (χ3n) is 7.01. The van der Waals surface area contributed by atoms with E-state index in [1.807, 2.05) is 0 Å². The van der Waals surface area contributed by atoms with E-state index in [0.29, 0.717) is 36.5 Å². The van der Waals surface area contributed by atoms with Crippen molar-refractivity contribution in [3.8, 4) is 11.4 Å². The van der Waals surface area contributed by atoms with Gasteiger partial charge in [-0.25, -0.2) is 4.68 Å². The highest BCUT2D eigenvalue weighted by Gasteiger charge is 2.40. The summed E-state index contributed by atoms with van der Waals surface area (Å²) in [5.41, 5.74) is 2.25. The molecule has 7 nitrogen and oxygen atoms in total. The maximum Gasteiger partial charge on any atom is 0.573 e. The maximum absolute atomic E-state index is 13.7. The number of aromatic nitrogens is 2. The Balaban J connectivity index is 1.45. The molecule has 0 radical (unpaired) electrons. The third-order valence-corrected chi connectivity index (χ3v) is 7.01. The number of rotatable bonds is 5. The summed E-state index contributed by atoms with van der Waals surface area (Å²) >= 11 is 0. The van der Waals surface area contributed by atoms with Gasteiger partial charge >= 0.3 is 6.36 Å². The van der Waals surface area contributed by atoms with Gasteiger partial charge < -0.3 is 14.7 Å². The number of aliphatic hydroxyl groups is 1. The van der Waals surface area contributed by atoms with Crippen molar-refractivity contribution < 1.29 is 27.8 Å². The second kappa shape index (κ2) is 8.88. The Hall–Kier alpha value is -2.59. The number of likely N-dealkylation sites (tertiary alicyclic amines) is 2. The molecule has 1 N–H and O–H groups in total. The minimum Gasteiger partial charge on any atom is -0.406 e. The maximum atomic E-state index is 13.7. The number of alkyl halides is 3. The van der Waals surface area contributed by atoms with Crippen LogP contribution in [0.2, 0.25) is 0 Å². The number of nitrogens with zero attached hydrogens (tertiary/aromatic N) is 4. The minimum absolute atomic E-state index is 0.0730. The van der Waals surface area contributed by atoms with Gasteiger partial charge in [0.1, 0.15) is 5.75 Å². The second-order valence-corrected chi connectivity index (χ2v) is 9.49. The number of amides is 1. The van der Waals surface area contributed by atoms with E-state index >= 15 is 0 Å². The summed E-state index contributed by atoms with van der Waals surface area (Å²) in [7, 11) is 0. The van der Waals surface area contributed by atoms with Gasteiger partial charge in [0.25, 0.3) is 5.91 Å². The molecule has 0 bridgehead atoms. The number of halogens is 3. The number of carbonyl (C=O) groups excluding carboxylic acids is 1. The standard InChI is InChI=1S/C24H29F3N4O3/c1-15-21(23(33)30-12-9-20(32)19(14-30)29-10-2-3-11-29)22(16-7-8-16)31(28-15)17-5-4-6-18(13-17)34-24(25,26)27/h4-6,13,16,19-20,32H,2-3,7-12,14H2,1H3. The first-order valence-corrected chi connectivity index (χ1v) is 11.9. The van der Waals surface area contributed by atoms with E-state index < -0.39 is 12.5 Å². The van der Waals surface area contributed by atoms with Crippen molar-refractivity contribution in [1.82, 2.24) is 19.6 Å². The molecule has 2 saturated heterocycles. The quantitative estimate of drug-likeness (QED) is 0.711. The number of hydrogen-bond donors (Lipinski definition) is 1. The minimum atomic E-state index is -4.79. The molecule has 2 unspecified atom stereocenters. The number of ether oxygens (including phenoxy) is 1. The van der Waals surface area contributed by atoms with Crippen molar-refractivity contribution in [2.45, 2.75) is 63.5 Å². The molecule has 3 fully saturated rings. The molecule has 1 aromatic heterocycles. The van der Waals surface area contributed by atoms with Crippen LogP contribution < -0.4 is 4.74 Å². The van der Waals surface area contributed by atoms with Crippen LogP contribution >= 0.6 is 0 Å². The van der Waals surface area contributed by atoms with Crippen molar-refractivity contribution in [3.05, 3.63) is 41.2 Å². The van der Waals surface area contributed by atoms with E-state index in [4.69, 9.17) is 0 Å². The van der Waals surface area contributed by atoms with Gasteiger partial charge in [-0.2, -0.15) is 5.10 Å². The molecule has 2 atom stereocenters. The largest absolute Gasteiger partial charge is 0.573 e. The normalized spacial score (nSPS) is 24.0. The molecular weight excluding hydrogens is 449 g/mol. The topological polar surface area (TPSA) is 70.8 Å². The SMILES string of the molecule is Cc1nn(-c2cccc(OC(F)(F)F)c2)c(C2CC2)c1C(=O)N1CCC(O)C(N2CCCC2)C1. The zero-order valence-electron chi connectivity index (χ0n) is 19.1. The van der Waals surface area contributed by atoms with Crippen LogP contribution in [0.3, 0.4) is 0 Å². The van der Waals surface area contributed by atoms with Crippen LogP contribution in [-0.4, -0.2) is 75.3 Å². The Bertz CT molecular complexity index is 1060. The zero-order chi connectivity index (χ0) is 24.0. The Morgan fingerprint density at radius 1 is 1.15 bits per heavy atom. The van der Waals surface area contributed by atoms with Crippen molar-refractivity contribution in [2.24, 2.45) is 0 Å². The van der Waals surface area contributed by atoms with Crippen LogP contribution in [0.4, 0.5) is 13.2 Å². The molecule has 3 heterocycles. The third kappa shape index (κ3) is 4.65. The Morgan fingerprint density at radius 2 is 1.88 bits per heavy atom. The molecule has 1 aromatic carbocycles. The first-order valence-electron chi connectivity index (χ1n) is 11.9. The van der Waals surface area contributed by atoms with E-state index in [-0.39, 0.29) is 23.6 Å². The number of benzene rings is 1. The summed E-state index contributed by atoms with van der Waals surface area (Å²) in [6.07, 6.45) is -0.707. The van der Waals surface area contributed by atoms with Crippen molar-refractivity contribution in [2.75, 3.05) is 26.2 Å². The van der Waals surface area contributed by atoms with Crippen LogP contribution in [0, 0.1) is 6.92 Å². The summed E-state index contributed by atoms with van der Waals surface area (Å²) in [6, 6.07) is 5.61. The van der Waals surface area contributed by atoms with Gasteiger partial charge in [0.15, 0.2) is 0 Å². The lowest BCUT2D eigenvalue weighted by atomic mass is 9.99. The number of aryl methyl sites for hydroxylation is 1. The smallest absolute Gasteiger partial charge is 0.406 e.